The van der Waals surface area contributed by atoms with Gasteiger partial charge in [-0.2, -0.15) is 0 Å². The summed E-state index contributed by atoms with van der Waals surface area (Å²) in [5.41, 5.74) is 4.26. The van der Waals surface area contributed by atoms with Crippen molar-refractivity contribution in [1.82, 2.24) is 10.9 Å². The highest BCUT2D eigenvalue weighted by molar-refractivity contribution is 6.35. The van der Waals surface area contributed by atoms with Gasteiger partial charge in [-0.1, -0.05) is 35.3 Å². The van der Waals surface area contributed by atoms with Crippen molar-refractivity contribution in [2.45, 2.75) is 0 Å². The van der Waals surface area contributed by atoms with Gasteiger partial charge in [0, 0.05) is 15.6 Å². The van der Waals surface area contributed by atoms with Gasteiger partial charge in [0.2, 0.25) is 0 Å². The molecule has 0 fully saturated rings. The van der Waals surface area contributed by atoms with E-state index in [4.69, 9.17) is 23.2 Å². The summed E-state index contributed by atoms with van der Waals surface area (Å²) in [6.07, 6.45) is 0. The van der Waals surface area contributed by atoms with E-state index in [1.165, 1.54) is 36.4 Å². The van der Waals surface area contributed by atoms with Gasteiger partial charge in [0.05, 0.1) is 5.56 Å². The van der Waals surface area contributed by atoms with Crippen molar-refractivity contribution >= 4 is 35.0 Å². The van der Waals surface area contributed by atoms with E-state index < -0.39 is 17.6 Å². The van der Waals surface area contributed by atoms with Crippen LogP contribution in [0.3, 0.4) is 0 Å². The Kier molecular flexibility index (Phi) is 4.77. The number of amides is 2. The summed E-state index contributed by atoms with van der Waals surface area (Å²) in [5.74, 6) is -2.08. The van der Waals surface area contributed by atoms with Gasteiger partial charge in [0.15, 0.2) is 0 Å². The van der Waals surface area contributed by atoms with Gasteiger partial charge < -0.3 is 0 Å². The van der Waals surface area contributed by atoms with Gasteiger partial charge in [-0.3, -0.25) is 20.4 Å². The Labute approximate surface area is 129 Å². The fourth-order valence-corrected chi connectivity index (χ4v) is 2.11. The van der Waals surface area contributed by atoms with Gasteiger partial charge in [-0.15, -0.1) is 0 Å². The van der Waals surface area contributed by atoms with E-state index in [1.807, 2.05) is 0 Å². The van der Waals surface area contributed by atoms with E-state index in [2.05, 4.69) is 10.9 Å². The fraction of sp³-hybridized carbons (Fsp3) is 0. The second kappa shape index (κ2) is 6.56. The average Bonchev–Trinajstić information content (AvgIpc) is 2.43. The molecule has 0 heterocycles. The van der Waals surface area contributed by atoms with Crippen molar-refractivity contribution in [2.24, 2.45) is 0 Å². The average molecular weight is 327 g/mol. The van der Waals surface area contributed by atoms with Crippen molar-refractivity contribution in [3.63, 3.8) is 0 Å². The lowest BCUT2D eigenvalue weighted by molar-refractivity contribution is 0.0844. The normalized spacial score (nSPS) is 10.0. The molecule has 0 unspecified atom stereocenters. The molecule has 0 aromatic heterocycles. The summed E-state index contributed by atoms with van der Waals surface area (Å²) in [7, 11) is 0. The van der Waals surface area contributed by atoms with Crippen LogP contribution in [0, 0.1) is 5.82 Å². The largest absolute Gasteiger partial charge is 0.272 e. The number of halogens is 3. The predicted octanol–water partition coefficient (Wildman–Crippen LogP) is 3.21. The van der Waals surface area contributed by atoms with Crippen LogP contribution in [-0.2, 0) is 0 Å². The summed E-state index contributed by atoms with van der Waals surface area (Å²) in [5, 5.41) is 0.571. The number of hydrogen-bond donors (Lipinski definition) is 2. The number of rotatable bonds is 2. The maximum atomic E-state index is 13.4. The SMILES string of the molecule is O=C(NNC(=O)c1ccccc1F)c1cc(Cl)cc(Cl)c1. The Morgan fingerprint density at radius 2 is 1.48 bits per heavy atom. The lowest BCUT2D eigenvalue weighted by atomic mass is 10.2. The highest BCUT2D eigenvalue weighted by atomic mass is 35.5. The molecule has 2 aromatic carbocycles. The van der Waals surface area contributed by atoms with E-state index >= 15 is 0 Å². The van der Waals surface area contributed by atoms with Crippen molar-refractivity contribution in [3.05, 3.63) is 69.5 Å². The number of carbonyl (C=O) groups excluding carboxylic acids is 2. The van der Waals surface area contributed by atoms with E-state index in [0.29, 0.717) is 0 Å². The first-order valence-corrected chi connectivity index (χ1v) is 6.54. The number of carbonyl (C=O) groups is 2. The van der Waals surface area contributed by atoms with Crippen LogP contribution >= 0.6 is 23.2 Å². The smallest absolute Gasteiger partial charge is 0.267 e. The number of hydrogen-bond acceptors (Lipinski definition) is 2. The van der Waals surface area contributed by atoms with E-state index in [0.717, 1.165) is 6.07 Å². The van der Waals surface area contributed by atoms with Crippen LogP contribution in [0.15, 0.2) is 42.5 Å². The molecule has 2 aromatic rings. The highest BCUT2D eigenvalue weighted by Gasteiger charge is 2.13. The van der Waals surface area contributed by atoms with Crippen molar-refractivity contribution in [3.8, 4) is 0 Å². The molecule has 4 nitrogen and oxygen atoms in total. The molecule has 21 heavy (non-hydrogen) atoms. The van der Waals surface area contributed by atoms with Crippen LogP contribution in [0.25, 0.3) is 0 Å². The number of hydrazine groups is 1. The monoisotopic (exact) mass is 326 g/mol. The van der Waals surface area contributed by atoms with Crippen molar-refractivity contribution in [2.75, 3.05) is 0 Å². The first kappa shape index (κ1) is 15.3. The Bertz CT molecular complexity index is 687. The Morgan fingerprint density at radius 3 is 2.10 bits per heavy atom. The maximum absolute atomic E-state index is 13.4. The van der Waals surface area contributed by atoms with Crippen LogP contribution in [0.2, 0.25) is 10.0 Å². The summed E-state index contributed by atoms with van der Waals surface area (Å²) >= 11 is 11.5. The fourth-order valence-electron chi connectivity index (χ4n) is 1.58. The van der Waals surface area contributed by atoms with Crippen LogP contribution in [0.5, 0.6) is 0 Å². The molecule has 0 saturated carbocycles. The summed E-state index contributed by atoms with van der Waals surface area (Å²) < 4.78 is 13.4. The maximum Gasteiger partial charge on any atom is 0.272 e. The zero-order valence-electron chi connectivity index (χ0n) is 10.5. The Hall–Kier alpha value is -2.11. The van der Waals surface area contributed by atoms with Gasteiger partial charge in [-0.25, -0.2) is 4.39 Å². The summed E-state index contributed by atoms with van der Waals surface area (Å²) in [6.45, 7) is 0. The molecule has 0 aliphatic rings. The Morgan fingerprint density at radius 1 is 0.905 bits per heavy atom. The van der Waals surface area contributed by atoms with Crippen LogP contribution < -0.4 is 10.9 Å². The lowest BCUT2D eigenvalue weighted by Gasteiger charge is -2.08. The van der Waals surface area contributed by atoms with E-state index in [-0.39, 0.29) is 21.2 Å². The Balaban J connectivity index is 2.04. The molecule has 0 bridgehead atoms. The second-order valence-electron chi connectivity index (χ2n) is 4.05. The number of nitrogens with one attached hydrogen (secondary N) is 2. The molecule has 2 N–H and O–H groups in total. The van der Waals surface area contributed by atoms with Crippen LogP contribution in [0.1, 0.15) is 20.7 Å². The van der Waals surface area contributed by atoms with Gasteiger partial charge >= 0.3 is 0 Å². The van der Waals surface area contributed by atoms with E-state index in [9.17, 15) is 14.0 Å². The van der Waals surface area contributed by atoms with Crippen molar-refractivity contribution in [1.29, 1.82) is 0 Å². The minimum absolute atomic E-state index is 0.168. The first-order chi connectivity index (χ1) is 9.97. The molecule has 7 heteroatoms. The molecule has 0 spiro atoms. The minimum atomic E-state index is -0.769. The van der Waals surface area contributed by atoms with Gasteiger partial charge in [0.1, 0.15) is 5.82 Å². The zero-order chi connectivity index (χ0) is 15.4. The minimum Gasteiger partial charge on any atom is -0.267 e. The lowest BCUT2D eigenvalue weighted by Crippen LogP contribution is -2.41. The molecular formula is C14H9Cl2FN2O2. The molecule has 0 saturated heterocycles. The molecule has 0 aliphatic heterocycles. The van der Waals surface area contributed by atoms with Crippen LogP contribution in [0.4, 0.5) is 4.39 Å². The summed E-state index contributed by atoms with van der Waals surface area (Å²) in [6, 6.07) is 9.66. The quantitative estimate of drug-likeness (QED) is 0.832. The predicted molar refractivity (Wildman–Crippen MR) is 77.8 cm³/mol. The molecule has 0 aliphatic carbocycles. The molecular weight excluding hydrogens is 318 g/mol. The third kappa shape index (κ3) is 3.93. The standard InChI is InChI=1S/C14H9Cl2FN2O2/c15-9-5-8(6-10(16)7-9)13(20)18-19-14(21)11-3-1-2-4-12(11)17/h1-7H,(H,18,20)(H,19,21). The molecule has 0 atom stereocenters. The van der Waals surface area contributed by atoms with Gasteiger partial charge in [0.25, 0.3) is 11.8 Å². The zero-order valence-corrected chi connectivity index (χ0v) is 12.0. The third-order valence-electron chi connectivity index (χ3n) is 2.53. The second-order valence-corrected chi connectivity index (χ2v) is 4.92. The van der Waals surface area contributed by atoms with Crippen molar-refractivity contribution < 1.29 is 14.0 Å². The summed E-state index contributed by atoms with van der Waals surface area (Å²) in [4.78, 5) is 23.6. The molecule has 108 valence electrons. The molecule has 2 rings (SSSR count). The van der Waals surface area contributed by atoms with E-state index in [1.54, 1.807) is 0 Å². The van der Waals surface area contributed by atoms with Gasteiger partial charge in [-0.05, 0) is 30.3 Å². The topological polar surface area (TPSA) is 58.2 Å². The number of benzene rings is 2. The van der Waals surface area contributed by atoms with Crippen LogP contribution in [-0.4, -0.2) is 11.8 Å². The third-order valence-corrected chi connectivity index (χ3v) is 2.97. The molecule has 2 amide bonds. The first-order valence-electron chi connectivity index (χ1n) is 5.78. The highest BCUT2D eigenvalue weighted by Crippen LogP contribution is 2.18. The molecule has 0 radical (unpaired) electrons.